The number of fused-ring (bicyclic) bond motifs is 2. The first-order chi connectivity index (χ1) is 17.7. The summed E-state index contributed by atoms with van der Waals surface area (Å²) in [7, 11) is 0. The van der Waals surface area contributed by atoms with Crippen molar-refractivity contribution in [2.24, 2.45) is 5.92 Å². The van der Waals surface area contributed by atoms with Crippen molar-refractivity contribution in [3.8, 4) is 11.5 Å². The number of benzene rings is 2. The SMILES string of the molecule is Cc1cccc2ncc(C(CC(=O)N3CCC(Cc4ccccc4)CC3)c3ccc4c(c3)OCO4)n12. The second kappa shape index (κ2) is 9.69. The number of pyridine rings is 1. The van der Waals surface area contributed by atoms with Crippen LogP contribution in [0.5, 0.6) is 11.5 Å². The molecule has 0 saturated carbocycles. The second-order valence-corrected chi connectivity index (χ2v) is 9.93. The van der Waals surface area contributed by atoms with Gasteiger partial charge in [0.1, 0.15) is 5.65 Å². The fourth-order valence-electron chi connectivity index (χ4n) is 5.64. The third-order valence-corrected chi connectivity index (χ3v) is 7.62. The van der Waals surface area contributed by atoms with Gasteiger partial charge in [0.15, 0.2) is 11.5 Å². The number of hydrogen-bond acceptors (Lipinski definition) is 4. The predicted molar refractivity (Wildman–Crippen MR) is 138 cm³/mol. The number of nitrogens with zero attached hydrogens (tertiary/aromatic N) is 3. The smallest absolute Gasteiger partial charge is 0.231 e. The van der Waals surface area contributed by atoms with E-state index in [-0.39, 0.29) is 18.6 Å². The maximum absolute atomic E-state index is 13.6. The van der Waals surface area contributed by atoms with E-state index in [0.717, 1.165) is 66.4 Å². The molecule has 2 aliphatic rings. The van der Waals surface area contributed by atoms with E-state index in [1.807, 2.05) is 30.5 Å². The standard InChI is InChI=1S/C30H31N3O3/c1-21-6-5-9-29-31-19-26(33(21)29)25(24-10-11-27-28(17-24)36-20-35-27)18-30(34)32-14-12-23(13-15-32)16-22-7-3-2-4-8-22/h2-11,17,19,23,25H,12-16,18,20H2,1H3. The van der Waals surface area contributed by atoms with Gasteiger partial charge < -0.3 is 18.8 Å². The Balaban J connectivity index is 1.23. The molecule has 184 valence electrons. The van der Waals surface area contributed by atoms with Crippen molar-refractivity contribution in [1.82, 2.24) is 14.3 Å². The number of hydrogen-bond donors (Lipinski definition) is 0. The van der Waals surface area contributed by atoms with Crippen LogP contribution in [0, 0.1) is 12.8 Å². The van der Waals surface area contributed by atoms with Gasteiger partial charge in [0.2, 0.25) is 12.7 Å². The summed E-state index contributed by atoms with van der Waals surface area (Å²) >= 11 is 0. The Morgan fingerprint density at radius 3 is 2.64 bits per heavy atom. The fourth-order valence-corrected chi connectivity index (χ4v) is 5.64. The highest BCUT2D eigenvalue weighted by atomic mass is 16.7. The van der Waals surface area contributed by atoms with Crippen LogP contribution in [0.3, 0.4) is 0 Å². The minimum Gasteiger partial charge on any atom is -0.454 e. The molecule has 6 rings (SSSR count). The van der Waals surface area contributed by atoms with E-state index in [1.165, 1.54) is 5.56 Å². The van der Waals surface area contributed by atoms with Crippen molar-refractivity contribution in [3.05, 3.63) is 95.4 Å². The summed E-state index contributed by atoms with van der Waals surface area (Å²) in [5.41, 5.74) is 5.43. The van der Waals surface area contributed by atoms with Gasteiger partial charge in [-0.15, -0.1) is 0 Å². The highest BCUT2D eigenvalue weighted by Gasteiger charge is 2.29. The Kier molecular flexibility index (Phi) is 6.09. The lowest BCUT2D eigenvalue weighted by molar-refractivity contribution is -0.132. The van der Waals surface area contributed by atoms with Gasteiger partial charge in [-0.3, -0.25) is 4.79 Å². The highest BCUT2D eigenvalue weighted by molar-refractivity contribution is 5.78. The van der Waals surface area contributed by atoms with E-state index in [9.17, 15) is 4.79 Å². The lowest BCUT2D eigenvalue weighted by Crippen LogP contribution is -2.39. The Labute approximate surface area is 211 Å². The van der Waals surface area contributed by atoms with Crippen LogP contribution in [-0.2, 0) is 11.2 Å². The zero-order valence-electron chi connectivity index (χ0n) is 20.6. The van der Waals surface area contributed by atoms with Crippen molar-refractivity contribution < 1.29 is 14.3 Å². The summed E-state index contributed by atoms with van der Waals surface area (Å²) in [5, 5.41) is 0. The zero-order valence-corrected chi connectivity index (χ0v) is 20.6. The lowest BCUT2D eigenvalue weighted by Gasteiger charge is -2.33. The third-order valence-electron chi connectivity index (χ3n) is 7.62. The van der Waals surface area contributed by atoms with Crippen LogP contribution >= 0.6 is 0 Å². The van der Waals surface area contributed by atoms with Gasteiger partial charge in [-0.25, -0.2) is 4.98 Å². The maximum Gasteiger partial charge on any atom is 0.231 e. The number of likely N-dealkylation sites (tertiary alicyclic amines) is 1. The van der Waals surface area contributed by atoms with Gasteiger partial charge in [-0.2, -0.15) is 0 Å². The summed E-state index contributed by atoms with van der Waals surface area (Å²) in [5.74, 6) is 2.17. The van der Waals surface area contributed by atoms with Crippen LogP contribution in [0.15, 0.2) is 72.9 Å². The quantitative estimate of drug-likeness (QED) is 0.371. The minimum atomic E-state index is -0.134. The molecule has 1 amide bonds. The van der Waals surface area contributed by atoms with Gasteiger partial charge in [0.25, 0.3) is 0 Å². The number of imidazole rings is 1. The van der Waals surface area contributed by atoms with E-state index in [2.05, 4.69) is 63.7 Å². The number of rotatable bonds is 6. The summed E-state index contributed by atoms with van der Waals surface area (Å²) < 4.78 is 13.3. The van der Waals surface area contributed by atoms with Crippen LogP contribution in [-0.4, -0.2) is 40.1 Å². The van der Waals surface area contributed by atoms with Gasteiger partial charge in [-0.1, -0.05) is 42.5 Å². The lowest BCUT2D eigenvalue weighted by atomic mass is 9.88. The molecule has 6 heteroatoms. The molecule has 4 heterocycles. The van der Waals surface area contributed by atoms with Crippen LogP contribution in [0.25, 0.3) is 5.65 Å². The third kappa shape index (κ3) is 4.43. The molecule has 0 radical (unpaired) electrons. The average Bonchev–Trinajstić information content (AvgIpc) is 3.56. The van der Waals surface area contributed by atoms with Gasteiger partial charge in [-0.05, 0) is 67.5 Å². The van der Waals surface area contributed by atoms with Crippen molar-refractivity contribution in [3.63, 3.8) is 0 Å². The summed E-state index contributed by atoms with van der Waals surface area (Å²) in [6.45, 7) is 3.94. The Hall–Kier alpha value is -3.80. The van der Waals surface area contributed by atoms with E-state index >= 15 is 0 Å². The molecule has 1 atom stereocenters. The normalized spacial score (nSPS) is 16.4. The number of carbonyl (C=O) groups is 1. The average molecular weight is 482 g/mol. The molecule has 6 nitrogen and oxygen atoms in total. The summed E-state index contributed by atoms with van der Waals surface area (Å²) in [6, 6.07) is 22.8. The van der Waals surface area contributed by atoms with E-state index < -0.39 is 0 Å². The van der Waals surface area contributed by atoms with E-state index in [1.54, 1.807) is 0 Å². The molecule has 0 N–H and O–H groups in total. The van der Waals surface area contributed by atoms with Crippen LogP contribution < -0.4 is 9.47 Å². The minimum absolute atomic E-state index is 0.134. The monoisotopic (exact) mass is 481 g/mol. The first-order valence-corrected chi connectivity index (χ1v) is 12.8. The number of aromatic nitrogens is 2. The van der Waals surface area contributed by atoms with Crippen molar-refractivity contribution in [1.29, 1.82) is 0 Å². The molecule has 36 heavy (non-hydrogen) atoms. The van der Waals surface area contributed by atoms with Crippen molar-refractivity contribution in [2.45, 2.75) is 38.5 Å². The molecule has 4 aromatic rings. The first-order valence-electron chi connectivity index (χ1n) is 12.8. The zero-order chi connectivity index (χ0) is 24.5. The Bertz CT molecular complexity index is 1370. The highest BCUT2D eigenvalue weighted by Crippen LogP contribution is 2.38. The first kappa shape index (κ1) is 22.7. The topological polar surface area (TPSA) is 56.1 Å². The molecule has 2 aromatic carbocycles. The van der Waals surface area contributed by atoms with E-state index in [0.29, 0.717) is 12.3 Å². The Morgan fingerprint density at radius 2 is 1.81 bits per heavy atom. The number of ether oxygens (including phenoxy) is 2. The number of carbonyl (C=O) groups excluding carboxylic acids is 1. The maximum atomic E-state index is 13.6. The second-order valence-electron chi connectivity index (χ2n) is 9.93. The fraction of sp³-hybridized carbons (Fsp3) is 0.333. The van der Waals surface area contributed by atoms with Crippen LogP contribution in [0.4, 0.5) is 0 Å². The van der Waals surface area contributed by atoms with E-state index in [4.69, 9.17) is 9.47 Å². The van der Waals surface area contributed by atoms with Crippen LogP contribution in [0.1, 0.15) is 47.7 Å². The largest absolute Gasteiger partial charge is 0.454 e. The summed E-state index contributed by atoms with van der Waals surface area (Å²) in [4.78, 5) is 20.3. The van der Waals surface area contributed by atoms with Gasteiger partial charge in [0.05, 0.1) is 5.69 Å². The number of aryl methyl sites for hydroxylation is 1. The molecule has 0 bridgehead atoms. The molecule has 0 spiro atoms. The molecular formula is C30H31N3O3. The van der Waals surface area contributed by atoms with Gasteiger partial charge >= 0.3 is 0 Å². The molecule has 2 aromatic heterocycles. The van der Waals surface area contributed by atoms with Crippen molar-refractivity contribution >= 4 is 11.6 Å². The Morgan fingerprint density at radius 1 is 1.00 bits per heavy atom. The van der Waals surface area contributed by atoms with Crippen LogP contribution in [0.2, 0.25) is 0 Å². The predicted octanol–water partition coefficient (Wildman–Crippen LogP) is 5.37. The molecule has 2 aliphatic heterocycles. The molecule has 0 aliphatic carbocycles. The molecule has 1 unspecified atom stereocenters. The van der Waals surface area contributed by atoms with Crippen molar-refractivity contribution in [2.75, 3.05) is 19.9 Å². The number of amides is 1. The molecular weight excluding hydrogens is 450 g/mol. The van der Waals surface area contributed by atoms with Gasteiger partial charge in [0, 0.05) is 37.3 Å². The summed E-state index contributed by atoms with van der Waals surface area (Å²) in [6.07, 6.45) is 5.49. The molecule has 1 fully saturated rings. The number of piperidine rings is 1. The molecule has 1 saturated heterocycles.